The largest absolute Gasteiger partial charge is 0.481 e. The Labute approximate surface area is 267 Å². The molecular formula is C41H43N2O2+. The number of benzene rings is 4. The quantitative estimate of drug-likeness (QED) is 0.155. The second-order valence-corrected chi connectivity index (χ2v) is 13.1. The van der Waals surface area contributed by atoms with Gasteiger partial charge < -0.3 is 10.0 Å². The molecule has 0 atom stereocenters. The molecule has 4 heteroatoms. The maximum absolute atomic E-state index is 11.3. The van der Waals surface area contributed by atoms with E-state index >= 15 is 0 Å². The Bertz CT molecular complexity index is 1950. The third kappa shape index (κ3) is 5.33. The number of fused-ring (bicyclic) bond motifs is 6. The fraction of sp³-hybridized carbons (Fsp3) is 0.268. The smallest absolute Gasteiger partial charge is 0.303 e. The molecule has 0 unspecified atom stereocenters. The summed E-state index contributed by atoms with van der Waals surface area (Å²) >= 11 is 0. The molecule has 4 aromatic carbocycles. The van der Waals surface area contributed by atoms with Crippen LogP contribution < -0.4 is 4.90 Å². The second kappa shape index (κ2) is 12.0. The van der Waals surface area contributed by atoms with Gasteiger partial charge in [0.1, 0.15) is 6.54 Å². The van der Waals surface area contributed by atoms with Gasteiger partial charge in [-0.05, 0) is 66.1 Å². The summed E-state index contributed by atoms with van der Waals surface area (Å²) in [6.45, 7) is 13.0. The Kier molecular flexibility index (Phi) is 8.09. The van der Waals surface area contributed by atoms with Crippen molar-refractivity contribution in [1.29, 1.82) is 0 Å². The van der Waals surface area contributed by atoms with Crippen LogP contribution in [0.4, 0.5) is 11.4 Å². The van der Waals surface area contributed by atoms with Crippen LogP contribution in [0.25, 0.3) is 21.5 Å². The summed E-state index contributed by atoms with van der Waals surface area (Å²) in [5.41, 5.74) is 7.35. The first-order valence-electron chi connectivity index (χ1n) is 16.1. The van der Waals surface area contributed by atoms with E-state index in [4.69, 9.17) is 0 Å². The molecule has 0 amide bonds. The zero-order valence-corrected chi connectivity index (χ0v) is 27.0. The van der Waals surface area contributed by atoms with Crippen LogP contribution in [0, 0.1) is 0 Å². The van der Waals surface area contributed by atoms with E-state index in [1.54, 1.807) is 0 Å². The maximum Gasteiger partial charge on any atom is 0.303 e. The highest BCUT2D eigenvalue weighted by Crippen LogP contribution is 2.50. The number of carboxylic acids is 1. The molecule has 6 rings (SSSR count). The molecule has 0 radical (unpaired) electrons. The molecule has 0 fully saturated rings. The number of likely N-dealkylation sites (N-methyl/N-ethyl adjacent to an activating group) is 1. The molecule has 0 saturated heterocycles. The average Bonchev–Trinajstić information content (AvgIpc) is 3.38. The van der Waals surface area contributed by atoms with Crippen molar-refractivity contribution in [2.75, 3.05) is 18.0 Å². The van der Waals surface area contributed by atoms with Gasteiger partial charge in [-0.3, -0.25) is 4.79 Å². The van der Waals surface area contributed by atoms with Crippen molar-refractivity contribution in [1.82, 2.24) is 0 Å². The molecule has 1 N–H and O–H groups in total. The standard InChI is InChI=1S/C41H42N2O2/c1-6-42-33-26-24-29-17-12-14-19-31(29)38(33)40(2,3)35(42)21-10-8-7-9-11-22-36-41(4,5)39-32-20-15-13-18-30(32)25-27-34(39)43(36)28-16-23-37(44)45/h7-15,17-22,24-27H,6,16,23,28H2,1-5H3/p+1. The maximum atomic E-state index is 11.3. The van der Waals surface area contributed by atoms with Crippen LogP contribution in [-0.4, -0.2) is 34.5 Å². The van der Waals surface area contributed by atoms with E-state index in [2.05, 4.69) is 159 Å². The molecule has 0 spiro atoms. The third-order valence-electron chi connectivity index (χ3n) is 9.55. The molecule has 0 bridgehead atoms. The number of carboxylic acid groups (broad SMARTS) is 1. The molecule has 0 saturated carbocycles. The fourth-order valence-corrected chi connectivity index (χ4v) is 7.53. The Morgan fingerprint density at radius 1 is 0.778 bits per heavy atom. The third-order valence-corrected chi connectivity index (χ3v) is 9.55. The van der Waals surface area contributed by atoms with Crippen LogP contribution in [0.5, 0.6) is 0 Å². The lowest BCUT2D eigenvalue weighted by Crippen LogP contribution is -2.28. The molecule has 4 aromatic rings. The van der Waals surface area contributed by atoms with Crippen molar-refractivity contribution < 1.29 is 14.5 Å². The topological polar surface area (TPSA) is 43.5 Å². The summed E-state index contributed by atoms with van der Waals surface area (Å²) < 4.78 is 2.32. The number of aliphatic carboxylic acids is 1. The van der Waals surface area contributed by atoms with E-state index in [0.717, 1.165) is 6.54 Å². The van der Waals surface area contributed by atoms with Crippen molar-refractivity contribution in [3.05, 3.63) is 132 Å². The highest BCUT2D eigenvalue weighted by atomic mass is 16.4. The van der Waals surface area contributed by atoms with E-state index < -0.39 is 5.97 Å². The predicted octanol–water partition coefficient (Wildman–Crippen LogP) is 9.60. The fourth-order valence-electron chi connectivity index (χ4n) is 7.53. The second-order valence-electron chi connectivity index (χ2n) is 13.1. The van der Waals surface area contributed by atoms with E-state index in [1.807, 2.05) is 0 Å². The minimum atomic E-state index is -0.755. The van der Waals surface area contributed by atoms with Crippen molar-refractivity contribution >= 4 is 44.6 Å². The van der Waals surface area contributed by atoms with Gasteiger partial charge in [-0.2, -0.15) is 4.58 Å². The highest BCUT2D eigenvalue weighted by Gasteiger charge is 2.45. The van der Waals surface area contributed by atoms with Crippen molar-refractivity contribution in [3.8, 4) is 0 Å². The number of carbonyl (C=O) groups is 1. The van der Waals surface area contributed by atoms with Gasteiger partial charge in [0.05, 0.1) is 11.8 Å². The van der Waals surface area contributed by atoms with Gasteiger partial charge in [0.2, 0.25) is 5.69 Å². The van der Waals surface area contributed by atoms with Gasteiger partial charge >= 0.3 is 5.97 Å². The van der Waals surface area contributed by atoms with Gasteiger partial charge in [-0.25, -0.2) is 0 Å². The van der Waals surface area contributed by atoms with Gasteiger partial charge in [0, 0.05) is 47.5 Å². The van der Waals surface area contributed by atoms with Crippen molar-refractivity contribution in [2.24, 2.45) is 0 Å². The molecule has 45 heavy (non-hydrogen) atoms. The Hall–Kier alpha value is -4.70. The highest BCUT2D eigenvalue weighted by molar-refractivity contribution is 6.07. The first kappa shape index (κ1) is 30.3. The first-order valence-corrected chi connectivity index (χ1v) is 16.1. The summed E-state index contributed by atoms with van der Waals surface area (Å²) in [5, 5.41) is 14.4. The number of allylic oxidation sites excluding steroid dienone is 8. The summed E-state index contributed by atoms with van der Waals surface area (Å²) in [6.07, 6.45) is 15.7. The number of hydrogen-bond acceptors (Lipinski definition) is 2. The van der Waals surface area contributed by atoms with E-state index in [0.29, 0.717) is 13.0 Å². The van der Waals surface area contributed by atoms with Gasteiger partial charge in [0.15, 0.2) is 5.71 Å². The molecule has 2 aliphatic rings. The van der Waals surface area contributed by atoms with Gasteiger partial charge in [-0.15, -0.1) is 0 Å². The average molecular weight is 596 g/mol. The molecule has 2 aliphatic heterocycles. The number of hydrogen-bond donors (Lipinski definition) is 1. The Morgan fingerprint density at radius 3 is 2.09 bits per heavy atom. The lowest BCUT2D eigenvalue weighted by atomic mass is 9.79. The molecule has 2 heterocycles. The van der Waals surface area contributed by atoms with Crippen LogP contribution in [0.3, 0.4) is 0 Å². The Morgan fingerprint density at radius 2 is 1.40 bits per heavy atom. The minimum absolute atomic E-state index is 0.103. The van der Waals surface area contributed by atoms with Gasteiger partial charge in [0.25, 0.3) is 0 Å². The molecular weight excluding hydrogens is 552 g/mol. The van der Waals surface area contributed by atoms with E-state index in [9.17, 15) is 9.90 Å². The zero-order valence-electron chi connectivity index (χ0n) is 27.0. The lowest BCUT2D eigenvalue weighted by Gasteiger charge is -2.26. The summed E-state index contributed by atoms with van der Waals surface area (Å²) in [7, 11) is 0. The minimum Gasteiger partial charge on any atom is -0.481 e. The molecule has 0 aliphatic carbocycles. The van der Waals surface area contributed by atoms with Crippen LogP contribution >= 0.6 is 0 Å². The van der Waals surface area contributed by atoms with Crippen LogP contribution in [-0.2, 0) is 15.6 Å². The number of anilines is 1. The molecule has 228 valence electrons. The van der Waals surface area contributed by atoms with E-state index in [1.165, 1.54) is 55.5 Å². The van der Waals surface area contributed by atoms with Gasteiger partial charge in [-0.1, -0.05) is 98.8 Å². The van der Waals surface area contributed by atoms with Crippen molar-refractivity contribution in [2.45, 2.75) is 58.3 Å². The summed E-state index contributed by atoms with van der Waals surface area (Å²) in [6, 6.07) is 26.1. The van der Waals surface area contributed by atoms with Crippen LogP contribution in [0.2, 0.25) is 0 Å². The molecule has 0 aromatic heterocycles. The normalized spacial score (nSPS) is 18.0. The summed E-state index contributed by atoms with van der Waals surface area (Å²) in [4.78, 5) is 13.7. The van der Waals surface area contributed by atoms with E-state index in [-0.39, 0.29) is 17.3 Å². The molecule has 4 nitrogen and oxygen atoms in total. The number of rotatable bonds is 9. The van der Waals surface area contributed by atoms with Crippen LogP contribution in [0.15, 0.2) is 121 Å². The first-order chi connectivity index (χ1) is 21.7. The monoisotopic (exact) mass is 595 g/mol. The zero-order chi connectivity index (χ0) is 31.8. The SMILES string of the molecule is CCN1/C(=C/C=C/C=C/C=C/C2=[N+](CCCC(=O)O)c3ccc4ccccc4c3C2(C)C)C(C)(C)c2c1ccc1ccccc21. The Balaban J connectivity index is 1.26. The summed E-state index contributed by atoms with van der Waals surface area (Å²) in [5.74, 6) is -0.755. The van der Waals surface area contributed by atoms with Crippen molar-refractivity contribution in [3.63, 3.8) is 0 Å². The van der Waals surface area contributed by atoms with Crippen LogP contribution in [0.1, 0.15) is 58.6 Å². The lowest BCUT2D eigenvalue weighted by molar-refractivity contribution is -0.438. The number of nitrogens with zero attached hydrogens (tertiary/aromatic N) is 2. The predicted molar refractivity (Wildman–Crippen MR) is 189 cm³/mol.